The van der Waals surface area contributed by atoms with E-state index < -0.39 is 17.6 Å². The molecule has 1 aromatic heterocycles. The molecule has 0 saturated carbocycles. The Labute approximate surface area is 105 Å². The average Bonchev–Trinajstić information content (AvgIpc) is 2.37. The number of nitrogens with zero attached hydrogens (tertiary/aromatic N) is 2. The fraction of sp³-hybridized carbons (Fsp3) is 0.0909. The first kappa shape index (κ1) is 13.1. The van der Waals surface area contributed by atoms with Gasteiger partial charge in [-0.3, -0.25) is 0 Å². The van der Waals surface area contributed by atoms with Crippen LogP contribution in [0.15, 0.2) is 36.9 Å². The molecule has 4 nitrogen and oxygen atoms in total. The molecule has 0 aliphatic heterocycles. The number of nitrogens with one attached hydrogen (secondary N) is 1. The maximum absolute atomic E-state index is 13.0. The molecule has 1 N–H and O–H groups in total. The number of aromatic nitrogens is 2. The van der Waals surface area contributed by atoms with Gasteiger partial charge in [-0.05, 0) is 18.2 Å². The third-order valence-corrected chi connectivity index (χ3v) is 2.09. The van der Waals surface area contributed by atoms with Gasteiger partial charge in [0.25, 0.3) is 0 Å². The SMILES string of the molecule is Fc1ccc(ONc2cncnc2)cc1C(F)(F)F. The maximum Gasteiger partial charge on any atom is 0.419 e. The number of hydrogen-bond donors (Lipinski definition) is 1. The van der Waals surface area contributed by atoms with E-state index in [0.717, 1.165) is 6.07 Å². The van der Waals surface area contributed by atoms with Gasteiger partial charge in [0.1, 0.15) is 17.8 Å². The Morgan fingerprint density at radius 3 is 2.42 bits per heavy atom. The number of alkyl halides is 3. The van der Waals surface area contributed by atoms with Crippen molar-refractivity contribution in [1.29, 1.82) is 0 Å². The first-order valence-corrected chi connectivity index (χ1v) is 5.01. The average molecular weight is 273 g/mol. The highest BCUT2D eigenvalue weighted by atomic mass is 19.4. The van der Waals surface area contributed by atoms with Gasteiger partial charge in [-0.25, -0.2) is 19.8 Å². The van der Waals surface area contributed by atoms with Crippen LogP contribution in [-0.4, -0.2) is 9.97 Å². The second kappa shape index (κ2) is 5.09. The van der Waals surface area contributed by atoms with Crippen LogP contribution in [0.5, 0.6) is 5.75 Å². The summed E-state index contributed by atoms with van der Waals surface area (Å²) in [5, 5.41) is 0. The molecule has 1 aromatic carbocycles. The summed E-state index contributed by atoms with van der Waals surface area (Å²) in [5.41, 5.74) is 1.30. The molecule has 0 saturated heterocycles. The van der Waals surface area contributed by atoms with Crippen molar-refractivity contribution in [3.8, 4) is 5.75 Å². The Hall–Kier alpha value is -2.38. The van der Waals surface area contributed by atoms with Gasteiger partial charge in [0.15, 0.2) is 5.75 Å². The zero-order chi connectivity index (χ0) is 13.9. The molecule has 0 bridgehead atoms. The van der Waals surface area contributed by atoms with Crippen LogP contribution in [0.4, 0.5) is 23.2 Å². The first-order valence-electron chi connectivity index (χ1n) is 5.01. The molecular formula is C11H7F4N3O. The second-order valence-corrected chi connectivity index (χ2v) is 3.47. The molecule has 0 radical (unpaired) electrons. The van der Waals surface area contributed by atoms with Crippen molar-refractivity contribution in [1.82, 2.24) is 9.97 Å². The predicted octanol–water partition coefficient (Wildman–Crippen LogP) is 3.04. The lowest BCUT2D eigenvalue weighted by atomic mass is 10.2. The van der Waals surface area contributed by atoms with Gasteiger partial charge in [0.05, 0.1) is 18.0 Å². The number of rotatable bonds is 3. The summed E-state index contributed by atoms with van der Waals surface area (Å²) in [7, 11) is 0. The van der Waals surface area contributed by atoms with Gasteiger partial charge in [-0.2, -0.15) is 13.2 Å². The fourth-order valence-corrected chi connectivity index (χ4v) is 1.25. The summed E-state index contributed by atoms with van der Waals surface area (Å²) in [5.74, 6) is -1.54. The largest absolute Gasteiger partial charge is 0.419 e. The van der Waals surface area contributed by atoms with Crippen molar-refractivity contribution < 1.29 is 22.4 Å². The predicted molar refractivity (Wildman–Crippen MR) is 57.7 cm³/mol. The normalized spacial score (nSPS) is 11.2. The molecule has 0 unspecified atom stereocenters. The van der Waals surface area contributed by atoms with Gasteiger partial charge in [-0.1, -0.05) is 0 Å². The van der Waals surface area contributed by atoms with Crippen molar-refractivity contribution in [2.45, 2.75) is 6.18 Å². The first-order chi connectivity index (χ1) is 8.97. The van der Waals surface area contributed by atoms with E-state index in [-0.39, 0.29) is 5.75 Å². The van der Waals surface area contributed by atoms with Crippen LogP contribution in [-0.2, 0) is 6.18 Å². The van der Waals surface area contributed by atoms with E-state index in [1.165, 1.54) is 18.7 Å². The second-order valence-electron chi connectivity index (χ2n) is 3.47. The fourth-order valence-electron chi connectivity index (χ4n) is 1.25. The van der Waals surface area contributed by atoms with Crippen LogP contribution in [0.3, 0.4) is 0 Å². The molecule has 0 spiro atoms. The molecule has 1 heterocycles. The Bertz CT molecular complexity index is 560. The monoisotopic (exact) mass is 273 g/mol. The van der Waals surface area contributed by atoms with Crippen LogP contribution in [0.1, 0.15) is 5.56 Å². The van der Waals surface area contributed by atoms with Crippen molar-refractivity contribution in [2.24, 2.45) is 0 Å². The Morgan fingerprint density at radius 2 is 1.79 bits per heavy atom. The van der Waals surface area contributed by atoms with E-state index in [4.69, 9.17) is 4.84 Å². The van der Waals surface area contributed by atoms with E-state index in [1.807, 2.05) is 0 Å². The Morgan fingerprint density at radius 1 is 1.11 bits per heavy atom. The van der Waals surface area contributed by atoms with E-state index >= 15 is 0 Å². The summed E-state index contributed by atoms with van der Waals surface area (Å²) in [6.07, 6.45) is -0.771. The maximum atomic E-state index is 13.0. The van der Waals surface area contributed by atoms with Crippen molar-refractivity contribution in [3.63, 3.8) is 0 Å². The van der Waals surface area contributed by atoms with Crippen molar-refractivity contribution in [3.05, 3.63) is 48.3 Å². The van der Waals surface area contributed by atoms with Crippen LogP contribution in [0, 0.1) is 5.82 Å². The molecule has 8 heteroatoms. The topological polar surface area (TPSA) is 47.0 Å². The third-order valence-electron chi connectivity index (χ3n) is 2.09. The van der Waals surface area contributed by atoms with Crippen molar-refractivity contribution >= 4 is 5.69 Å². The van der Waals surface area contributed by atoms with E-state index in [2.05, 4.69) is 15.4 Å². The van der Waals surface area contributed by atoms with Gasteiger partial charge in [0, 0.05) is 0 Å². The summed E-state index contributed by atoms with van der Waals surface area (Å²) in [6, 6.07) is 2.31. The Kier molecular flexibility index (Phi) is 3.50. The van der Waals surface area contributed by atoms with E-state index in [1.54, 1.807) is 0 Å². The molecule has 0 atom stereocenters. The molecule has 0 fully saturated rings. The van der Waals surface area contributed by atoms with E-state index in [0.29, 0.717) is 17.8 Å². The molecule has 0 aliphatic rings. The van der Waals surface area contributed by atoms with Crippen LogP contribution in [0.25, 0.3) is 0 Å². The molecule has 2 aromatic rings. The number of anilines is 1. The number of halogens is 4. The Balaban J connectivity index is 2.14. The molecule has 0 amide bonds. The lowest BCUT2D eigenvalue weighted by Crippen LogP contribution is -2.10. The smallest absolute Gasteiger partial charge is 0.382 e. The highest BCUT2D eigenvalue weighted by Crippen LogP contribution is 2.33. The van der Waals surface area contributed by atoms with Crippen LogP contribution < -0.4 is 10.3 Å². The van der Waals surface area contributed by atoms with E-state index in [9.17, 15) is 17.6 Å². The minimum atomic E-state index is -4.78. The summed E-state index contributed by atoms with van der Waals surface area (Å²) < 4.78 is 50.4. The quantitative estimate of drug-likeness (QED) is 0.689. The standard InChI is InChI=1S/C11H7F4N3O/c12-10-2-1-8(3-9(10)11(13,14)15)19-18-7-4-16-6-17-5-7/h1-6,18H. The summed E-state index contributed by atoms with van der Waals surface area (Å²) in [4.78, 5) is 12.2. The van der Waals surface area contributed by atoms with Crippen LogP contribution in [0.2, 0.25) is 0 Å². The minimum Gasteiger partial charge on any atom is -0.382 e. The van der Waals surface area contributed by atoms with Crippen molar-refractivity contribution in [2.75, 3.05) is 5.48 Å². The van der Waals surface area contributed by atoms with Gasteiger partial charge >= 0.3 is 6.18 Å². The number of benzene rings is 1. The van der Waals surface area contributed by atoms with Crippen LogP contribution >= 0.6 is 0 Å². The molecule has 2 rings (SSSR count). The third kappa shape index (κ3) is 3.30. The minimum absolute atomic E-state index is 0.183. The number of hydrogen-bond acceptors (Lipinski definition) is 4. The highest BCUT2D eigenvalue weighted by molar-refractivity contribution is 5.37. The zero-order valence-electron chi connectivity index (χ0n) is 9.28. The van der Waals surface area contributed by atoms with Gasteiger partial charge in [0.2, 0.25) is 0 Å². The lowest BCUT2D eigenvalue weighted by Gasteiger charge is -2.11. The lowest BCUT2D eigenvalue weighted by molar-refractivity contribution is -0.140. The zero-order valence-corrected chi connectivity index (χ0v) is 9.28. The summed E-state index contributed by atoms with van der Waals surface area (Å²) in [6.45, 7) is 0. The molecule has 100 valence electrons. The molecule has 0 aliphatic carbocycles. The summed E-state index contributed by atoms with van der Waals surface area (Å²) >= 11 is 0. The molecular weight excluding hydrogens is 266 g/mol. The van der Waals surface area contributed by atoms with Gasteiger partial charge in [-0.15, -0.1) is 0 Å². The highest BCUT2D eigenvalue weighted by Gasteiger charge is 2.34. The molecule has 19 heavy (non-hydrogen) atoms. The van der Waals surface area contributed by atoms with Gasteiger partial charge < -0.3 is 4.84 Å².